The number of anilines is 1. The van der Waals surface area contributed by atoms with Gasteiger partial charge in [-0.1, -0.05) is 11.6 Å². The van der Waals surface area contributed by atoms with Gasteiger partial charge in [-0.05, 0) is 44.2 Å². The van der Waals surface area contributed by atoms with Crippen LogP contribution in [0.4, 0.5) is 5.95 Å². The molecule has 1 aliphatic heterocycles. The number of methoxy groups -OCH3 is 1. The zero-order valence-corrected chi connectivity index (χ0v) is 16.8. The number of esters is 1. The van der Waals surface area contributed by atoms with Gasteiger partial charge in [0.05, 0.1) is 7.11 Å². The number of ether oxygens (including phenoxy) is 1. The maximum atomic E-state index is 11.6. The summed E-state index contributed by atoms with van der Waals surface area (Å²) in [6.45, 7) is 5.44. The number of rotatable bonds is 4. The highest BCUT2D eigenvalue weighted by Gasteiger charge is 2.25. The van der Waals surface area contributed by atoms with Crippen LogP contribution in [0.5, 0.6) is 0 Å². The molecule has 3 aromatic rings. The van der Waals surface area contributed by atoms with Crippen molar-refractivity contribution in [2.45, 2.75) is 33.1 Å². The van der Waals surface area contributed by atoms with Gasteiger partial charge in [-0.25, -0.2) is 9.97 Å². The average molecular weight is 404 g/mol. The molecule has 1 aliphatic rings. The number of carbonyl (C=O) groups is 1. The van der Waals surface area contributed by atoms with E-state index in [0.717, 1.165) is 37.3 Å². The van der Waals surface area contributed by atoms with Crippen molar-refractivity contribution in [2.75, 3.05) is 25.1 Å². The number of halogens is 1. The van der Waals surface area contributed by atoms with Gasteiger partial charge < -0.3 is 19.0 Å². The number of piperidine rings is 1. The number of H-pyrrole nitrogens is 1. The quantitative estimate of drug-likeness (QED) is 0.524. The zero-order chi connectivity index (χ0) is 19.8. The van der Waals surface area contributed by atoms with Crippen LogP contribution in [0.3, 0.4) is 0 Å². The Bertz CT molecular complexity index is 1010. The molecule has 0 saturated carbocycles. The van der Waals surface area contributed by atoms with Crippen LogP contribution in [0.15, 0.2) is 10.5 Å². The van der Waals surface area contributed by atoms with Crippen molar-refractivity contribution in [1.82, 2.24) is 19.9 Å². The Morgan fingerprint density at radius 2 is 2.21 bits per heavy atom. The number of aromatic amines is 1. The standard InChI is InChI=1S/C19H22ClN5O3/c1-10-7-13(28-11(10)2)17-22-16(20)15-18(23-17)24-19(21-15)25-6-4-5-12(9-25)8-14(26)27-3/h7,12H,4-6,8-9H2,1-3H3,(H,21,22,23,24). The summed E-state index contributed by atoms with van der Waals surface area (Å²) in [7, 11) is 1.42. The number of nitrogens with one attached hydrogen (secondary N) is 1. The van der Waals surface area contributed by atoms with E-state index in [1.165, 1.54) is 7.11 Å². The van der Waals surface area contributed by atoms with Gasteiger partial charge in [-0.3, -0.25) is 4.79 Å². The van der Waals surface area contributed by atoms with Crippen LogP contribution in [-0.2, 0) is 9.53 Å². The lowest BCUT2D eigenvalue weighted by atomic mass is 9.95. The van der Waals surface area contributed by atoms with Crippen molar-refractivity contribution in [3.8, 4) is 11.6 Å². The van der Waals surface area contributed by atoms with Gasteiger partial charge in [0.15, 0.2) is 22.4 Å². The number of fused-ring (bicyclic) bond motifs is 1. The van der Waals surface area contributed by atoms with Gasteiger partial charge in [0, 0.05) is 19.5 Å². The third kappa shape index (κ3) is 3.56. The Hall–Kier alpha value is -2.61. The molecule has 1 unspecified atom stereocenters. The van der Waals surface area contributed by atoms with E-state index < -0.39 is 0 Å². The minimum atomic E-state index is -0.181. The fraction of sp³-hybridized carbons (Fsp3) is 0.474. The van der Waals surface area contributed by atoms with Crippen LogP contribution in [0, 0.1) is 19.8 Å². The number of aromatic nitrogens is 4. The van der Waals surface area contributed by atoms with Crippen LogP contribution in [0.25, 0.3) is 22.7 Å². The number of imidazole rings is 1. The van der Waals surface area contributed by atoms with E-state index >= 15 is 0 Å². The lowest BCUT2D eigenvalue weighted by Gasteiger charge is -2.31. The molecule has 1 saturated heterocycles. The molecule has 0 amide bonds. The minimum absolute atomic E-state index is 0.181. The summed E-state index contributed by atoms with van der Waals surface area (Å²) in [5.41, 5.74) is 2.12. The summed E-state index contributed by atoms with van der Waals surface area (Å²) >= 11 is 6.38. The van der Waals surface area contributed by atoms with Crippen LogP contribution >= 0.6 is 11.6 Å². The fourth-order valence-electron chi connectivity index (χ4n) is 3.54. The Balaban J connectivity index is 1.62. The SMILES string of the molecule is COC(=O)CC1CCCN(c2nc3nc(-c4cc(C)c(C)o4)nc(Cl)c3[nH]2)C1. The topological polar surface area (TPSA) is 97.1 Å². The molecule has 9 heteroatoms. The summed E-state index contributed by atoms with van der Waals surface area (Å²) in [5, 5.41) is 0.300. The second kappa shape index (κ2) is 7.43. The molecule has 1 N–H and O–H groups in total. The summed E-state index contributed by atoms with van der Waals surface area (Å²) < 4.78 is 10.5. The molecule has 1 atom stereocenters. The van der Waals surface area contributed by atoms with Crippen LogP contribution < -0.4 is 4.90 Å². The van der Waals surface area contributed by atoms with E-state index in [1.54, 1.807) is 0 Å². The number of furan rings is 1. The molecule has 0 aromatic carbocycles. The molecule has 3 aromatic heterocycles. The van der Waals surface area contributed by atoms with Crippen molar-refractivity contribution < 1.29 is 13.9 Å². The van der Waals surface area contributed by atoms with Gasteiger partial charge >= 0.3 is 5.97 Å². The molecule has 148 valence electrons. The first-order chi connectivity index (χ1) is 13.4. The van der Waals surface area contributed by atoms with E-state index in [4.69, 9.17) is 20.8 Å². The number of aryl methyl sites for hydroxylation is 2. The maximum Gasteiger partial charge on any atom is 0.305 e. The second-order valence-electron chi connectivity index (χ2n) is 7.18. The Kier molecular flexibility index (Phi) is 4.97. The molecule has 0 bridgehead atoms. The molecule has 1 fully saturated rings. The summed E-state index contributed by atoms with van der Waals surface area (Å²) in [6, 6.07) is 1.89. The largest absolute Gasteiger partial charge is 0.469 e. The third-order valence-corrected chi connectivity index (χ3v) is 5.46. The zero-order valence-electron chi connectivity index (χ0n) is 16.1. The van der Waals surface area contributed by atoms with Gasteiger partial charge in [0.2, 0.25) is 5.95 Å². The molecule has 8 nitrogen and oxygen atoms in total. The van der Waals surface area contributed by atoms with Gasteiger partial charge in [0.1, 0.15) is 11.3 Å². The summed E-state index contributed by atoms with van der Waals surface area (Å²) in [5.74, 6) is 2.54. The lowest BCUT2D eigenvalue weighted by Crippen LogP contribution is -2.37. The second-order valence-corrected chi connectivity index (χ2v) is 7.54. The first-order valence-electron chi connectivity index (χ1n) is 9.27. The molecule has 0 spiro atoms. The van der Waals surface area contributed by atoms with Crippen molar-refractivity contribution in [3.05, 3.63) is 22.5 Å². The van der Waals surface area contributed by atoms with Crippen molar-refractivity contribution >= 4 is 34.7 Å². The Labute approximate surface area is 167 Å². The number of carbonyl (C=O) groups excluding carboxylic acids is 1. The molecule has 28 heavy (non-hydrogen) atoms. The van der Waals surface area contributed by atoms with E-state index in [9.17, 15) is 4.79 Å². The lowest BCUT2D eigenvalue weighted by molar-refractivity contribution is -0.141. The smallest absolute Gasteiger partial charge is 0.305 e. The summed E-state index contributed by atoms with van der Waals surface area (Å²) in [4.78, 5) is 30.5. The fourth-order valence-corrected chi connectivity index (χ4v) is 3.75. The highest BCUT2D eigenvalue weighted by Crippen LogP contribution is 2.29. The maximum absolute atomic E-state index is 11.6. The van der Waals surface area contributed by atoms with Crippen LogP contribution in [-0.4, -0.2) is 46.1 Å². The Morgan fingerprint density at radius 1 is 1.39 bits per heavy atom. The van der Waals surface area contributed by atoms with E-state index in [1.807, 2.05) is 19.9 Å². The molecule has 0 aliphatic carbocycles. The molecule has 0 radical (unpaired) electrons. The van der Waals surface area contributed by atoms with Crippen molar-refractivity contribution in [3.63, 3.8) is 0 Å². The predicted octanol–water partition coefficient (Wildman–Crippen LogP) is 3.66. The average Bonchev–Trinajstić information content (AvgIpc) is 3.26. The minimum Gasteiger partial charge on any atom is -0.469 e. The molecule has 4 heterocycles. The monoisotopic (exact) mass is 403 g/mol. The summed E-state index contributed by atoms with van der Waals surface area (Å²) in [6.07, 6.45) is 2.39. The van der Waals surface area contributed by atoms with E-state index in [2.05, 4.69) is 24.8 Å². The highest BCUT2D eigenvalue weighted by atomic mass is 35.5. The highest BCUT2D eigenvalue weighted by molar-refractivity contribution is 6.33. The third-order valence-electron chi connectivity index (χ3n) is 5.18. The van der Waals surface area contributed by atoms with Crippen molar-refractivity contribution in [2.24, 2.45) is 5.92 Å². The number of nitrogens with zero attached hydrogens (tertiary/aromatic N) is 4. The molecule has 4 rings (SSSR count). The van der Waals surface area contributed by atoms with Gasteiger partial charge in [0.25, 0.3) is 0 Å². The molecular formula is C19H22ClN5O3. The Morgan fingerprint density at radius 3 is 2.93 bits per heavy atom. The van der Waals surface area contributed by atoms with Gasteiger partial charge in [-0.2, -0.15) is 4.98 Å². The normalized spacial score (nSPS) is 17.3. The van der Waals surface area contributed by atoms with Crippen LogP contribution in [0.2, 0.25) is 5.15 Å². The predicted molar refractivity (Wildman–Crippen MR) is 105 cm³/mol. The number of hydrogen-bond donors (Lipinski definition) is 1. The van der Waals surface area contributed by atoms with E-state index in [0.29, 0.717) is 40.3 Å². The number of hydrogen-bond acceptors (Lipinski definition) is 7. The first-order valence-corrected chi connectivity index (χ1v) is 9.65. The first kappa shape index (κ1) is 18.7. The van der Waals surface area contributed by atoms with E-state index in [-0.39, 0.29) is 11.9 Å². The van der Waals surface area contributed by atoms with Gasteiger partial charge in [-0.15, -0.1) is 0 Å². The van der Waals surface area contributed by atoms with Crippen molar-refractivity contribution in [1.29, 1.82) is 0 Å². The molecular weight excluding hydrogens is 382 g/mol. The van der Waals surface area contributed by atoms with Crippen LogP contribution in [0.1, 0.15) is 30.6 Å².